The van der Waals surface area contributed by atoms with E-state index in [1.54, 1.807) is 12.4 Å². The molecule has 1 unspecified atom stereocenters. The molecule has 1 heterocycles. The summed E-state index contributed by atoms with van der Waals surface area (Å²) in [6.45, 7) is 0. The van der Waals surface area contributed by atoms with E-state index in [1.165, 1.54) is 14.7 Å². The maximum Gasteiger partial charge on any atom is 0.0890 e. The Morgan fingerprint density at radius 1 is 1.00 bits per heavy atom. The van der Waals surface area contributed by atoms with Crippen molar-refractivity contribution in [3.63, 3.8) is 0 Å². The van der Waals surface area contributed by atoms with Crippen LogP contribution >= 0.6 is 22.6 Å². The number of likely N-dealkylation sites (N-methyl/N-ethyl adjacent to an activating group) is 1. The maximum atomic E-state index is 4.39. The molecule has 2 aromatic carbocycles. The molecule has 0 spiro atoms. The minimum absolute atomic E-state index is 0.275. The lowest BCUT2D eigenvalue weighted by molar-refractivity contribution is 0.592. The summed E-state index contributed by atoms with van der Waals surface area (Å²) in [4.78, 5) is 8.70. The minimum atomic E-state index is 0.275. The summed E-state index contributed by atoms with van der Waals surface area (Å²) in [6, 6.07) is 15.2. The van der Waals surface area contributed by atoms with Gasteiger partial charge in [-0.15, -0.1) is 0 Å². The van der Waals surface area contributed by atoms with E-state index in [1.807, 2.05) is 13.1 Å². The highest BCUT2D eigenvalue weighted by molar-refractivity contribution is 14.1. The van der Waals surface area contributed by atoms with Crippen LogP contribution in [-0.2, 0) is 6.42 Å². The van der Waals surface area contributed by atoms with Gasteiger partial charge in [0.15, 0.2) is 0 Å². The first-order valence-electron chi connectivity index (χ1n) is 6.88. The molecule has 3 rings (SSSR count). The zero-order valence-corrected chi connectivity index (χ0v) is 13.9. The van der Waals surface area contributed by atoms with E-state index in [4.69, 9.17) is 0 Å². The van der Waals surface area contributed by atoms with Crippen LogP contribution in [0, 0.1) is 3.57 Å². The van der Waals surface area contributed by atoms with Gasteiger partial charge in [-0.3, -0.25) is 9.97 Å². The zero-order valence-electron chi connectivity index (χ0n) is 11.8. The molecule has 21 heavy (non-hydrogen) atoms. The van der Waals surface area contributed by atoms with Crippen LogP contribution in [0.25, 0.3) is 11.0 Å². The summed E-state index contributed by atoms with van der Waals surface area (Å²) in [5, 5.41) is 3.40. The second kappa shape index (κ2) is 6.49. The third-order valence-corrected chi connectivity index (χ3v) is 4.32. The van der Waals surface area contributed by atoms with Gasteiger partial charge in [-0.1, -0.05) is 18.2 Å². The summed E-state index contributed by atoms with van der Waals surface area (Å²) in [6.07, 6.45) is 4.42. The summed E-state index contributed by atoms with van der Waals surface area (Å²) >= 11 is 2.33. The molecule has 0 aliphatic carbocycles. The molecule has 0 aliphatic heterocycles. The largest absolute Gasteiger partial charge is 0.313 e. The van der Waals surface area contributed by atoms with Gasteiger partial charge in [-0.05, 0) is 71.5 Å². The summed E-state index contributed by atoms with van der Waals surface area (Å²) in [7, 11) is 2.00. The van der Waals surface area contributed by atoms with Crippen molar-refractivity contribution in [1.29, 1.82) is 0 Å². The molecule has 0 fully saturated rings. The van der Waals surface area contributed by atoms with Crippen LogP contribution in [0.3, 0.4) is 0 Å². The zero-order chi connectivity index (χ0) is 14.7. The summed E-state index contributed by atoms with van der Waals surface area (Å²) in [5.74, 6) is 0. The Kier molecular flexibility index (Phi) is 4.45. The predicted octanol–water partition coefficient (Wildman–Crippen LogP) is 3.74. The molecular formula is C17H16IN3. The number of nitrogens with zero attached hydrogens (tertiary/aromatic N) is 2. The van der Waals surface area contributed by atoms with Crippen LogP contribution in [0.1, 0.15) is 17.2 Å². The van der Waals surface area contributed by atoms with Crippen molar-refractivity contribution >= 4 is 33.6 Å². The molecule has 0 aliphatic rings. The Morgan fingerprint density at radius 2 is 1.71 bits per heavy atom. The molecule has 0 saturated heterocycles. The van der Waals surface area contributed by atoms with Crippen LogP contribution in [0.15, 0.2) is 54.9 Å². The number of hydrogen-bond donors (Lipinski definition) is 1. The summed E-state index contributed by atoms with van der Waals surface area (Å²) in [5.41, 5.74) is 4.45. The molecule has 3 nitrogen and oxygen atoms in total. The molecule has 3 aromatic rings. The monoisotopic (exact) mass is 389 g/mol. The van der Waals surface area contributed by atoms with Crippen molar-refractivity contribution in [2.24, 2.45) is 0 Å². The number of halogens is 1. The lowest BCUT2D eigenvalue weighted by atomic mass is 9.98. The van der Waals surface area contributed by atoms with Crippen LogP contribution < -0.4 is 5.32 Å². The molecule has 0 radical (unpaired) electrons. The van der Waals surface area contributed by atoms with E-state index in [0.717, 1.165) is 17.5 Å². The fourth-order valence-electron chi connectivity index (χ4n) is 2.44. The smallest absolute Gasteiger partial charge is 0.0890 e. The molecule has 0 amide bonds. The molecule has 1 aromatic heterocycles. The van der Waals surface area contributed by atoms with Gasteiger partial charge >= 0.3 is 0 Å². The average Bonchev–Trinajstić information content (AvgIpc) is 2.54. The second-order valence-corrected chi connectivity index (χ2v) is 6.22. The van der Waals surface area contributed by atoms with Crippen LogP contribution in [0.2, 0.25) is 0 Å². The van der Waals surface area contributed by atoms with Gasteiger partial charge in [-0.2, -0.15) is 0 Å². The van der Waals surface area contributed by atoms with Gasteiger partial charge in [-0.25, -0.2) is 0 Å². The van der Waals surface area contributed by atoms with Gasteiger partial charge in [0, 0.05) is 22.0 Å². The van der Waals surface area contributed by atoms with Crippen LogP contribution in [-0.4, -0.2) is 17.0 Å². The normalized spacial score (nSPS) is 12.5. The lowest BCUT2D eigenvalue weighted by Gasteiger charge is -2.17. The van der Waals surface area contributed by atoms with Crippen LogP contribution in [0.5, 0.6) is 0 Å². The quantitative estimate of drug-likeness (QED) is 0.691. The number of rotatable bonds is 4. The van der Waals surface area contributed by atoms with Gasteiger partial charge in [0.25, 0.3) is 0 Å². The second-order valence-electron chi connectivity index (χ2n) is 4.98. The molecule has 0 saturated carbocycles. The summed E-state index contributed by atoms with van der Waals surface area (Å²) < 4.78 is 1.26. The van der Waals surface area contributed by atoms with Crippen molar-refractivity contribution in [3.8, 4) is 0 Å². The topological polar surface area (TPSA) is 37.8 Å². The highest BCUT2D eigenvalue weighted by Gasteiger charge is 2.11. The fraction of sp³-hybridized carbons (Fsp3) is 0.176. The van der Waals surface area contributed by atoms with Gasteiger partial charge < -0.3 is 5.32 Å². The molecular weight excluding hydrogens is 373 g/mol. The Balaban J connectivity index is 1.88. The lowest BCUT2D eigenvalue weighted by Crippen LogP contribution is -2.18. The van der Waals surface area contributed by atoms with Crippen molar-refractivity contribution in [2.75, 3.05) is 7.05 Å². The third-order valence-electron chi connectivity index (χ3n) is 3.60. The van der Waals surface area contributed by atoms with Crippen molar-refractivity contribution in [3.05, 3.63) is 69.6 Å². The molecule has 0 bridgehead atoms. The van der Waals surface area contributed by atoms with E-state index in [2.05, 4.69) is 74.3 Å². The van der Waals surface area contributed by atoms with E-state index in [9.17, 15) is 0 Å². The third kappa shape index (κ3) is 3.39. The van der Waals surface area contributed by atoms with E-state index < -0.39 is 0 Å². The van der Waals surface area contributed by atoms with Crippen LogP contribution in [0.4, 0.5) is 0 Å². The van der Waals surface area contributed by atoms with Crippen molar-refractivity contribution in [1.82, 2.24) is 15.3 Å². The first kappa shape index (κ1) is 14.4. The number of hydrogen-bond acceptors (Lipinski definition) is 3. The van der Waals surface area contributed by atoms with Crippen molar-refractivity contribution < 1.29 is 0 Å². The van der Waals surface area contributed by atoms with E-state index in [-0.39, 0.29) is 6.04 Å². The number of benzene rings is 2. The Hall–Kier alpha value is -1.53. The Morgan fingerprint density at radius 3 is 2.43 bits per heavy atom. The molecule has 106 valence electrons. The first-order chi connectivity index (χ1) is 10.3. The molecule has 1 atom stereocenters. The highest BCUT2D eigenvalue weighted by Crippen LogP contribution is 2.21. The van der Waals surface area contributed by atoms with Gasteiger partial charge in [0.1, 0.15) is 0 Å². The number of nitrogens with one attached hydrogen (secondary N) is 1. The van der Waals surface area contributed by atoms with E-state index >= 15 is 0 Å². The molecule has 1 N–H and O–H groups in total. The fourth-order valence-corrected chi connectivity index (χ4v) is 2.80. The molecule has 4 heteroatoms. The first-order valence-corrected chi connectivity index (χ1v) is 7.96. The Bertz CT molecular complexity index is 740. The predicted molar refractivity (Wildman–Crippen MR) is 94.2 cm³/mol. The Labute approximate surface area is 138 Å². The minimum Gasteiger partial charge on any atom is -0.313 e. The highest BCUT2D eigenvalue weighted by atomic mass is 127. The van der Waals surface area contributed by atoms with Gasteiger partial charge in [0.2, 0.25) is 0 Å². The average molecular weight is 389 g/mol. The van der Waals surface area contributed by atoms with Crippen molar-refractivity contribution in [2.45, 2.75) is 12.5 Å². The standard InChI is InChI=1S/C17H16IN3/c1-19-16(10-12-2-5-14(18)6-3-12)13-4-7-15-17(11-13)21-9-8-20-15/h2-9,11,16,19H,10H2,1H3. The maximum absolute atomic E-state index is 4.39. The van der Waals surface area contributed by atoms with E-state index in [0.29, 0.717) is 0 Å². The number of aromatic nitrogens is 2. The SMILES string of the molecule is CNC(Cc1ccc(I)cc1)c1ccc2nccnc2c1. The van der Waals surface area contributed by atoms with Gasteiger partial charge in [0.05, 0.1) is 11.0 Å². The number of fused-ring (bicyclic) bond motifs is 1.